The minimum absolute atomic E-state index is 0.289. The predicted octanol–water partition coefficient (Wildman–Crippen LogP) is -0.591. The maximum Gasteiger partial charge on any atom is 0.219 e. The highest BCUT2D eigenvalue weighted by atomic mass is 15.1. The molecule has 0 bridgehead atoms. The zero-order valence-corrected chi connectivity index (χ0v) is 6.49. The molecule has 1 aromatic heterocycles. The summed E-state index contributed by atoms with van der Waals surface area (Å²) in [6.45, 7) is 1.71. The van der Waals surface area contributed by atoms with Crippen LogP contribution in [0.4, 0.5) is 5.95 Å². The topological polar surface area (TPSA) is 76.2 Å². The number of nitrogen functional groups attached to an aromatic ring is 1. The van der Waals surface area contributed by atoms with Gasteiger partial charge in [0.2, 0.25) is 5.95 Å². The summed E-state index contributed by atoms with van der Waals surface area (Å²) in [5.41, 5.74) is 6.23. The smallest absolute Gasteiger partial charge is 0.219 e. The van der Waals surface area contributed by atoms with Crippen molar-refractivity contribution < 1.29 is 0 Å². The third-order valence-corrected chi connectivity index (χ3v) is 1.62. The summed E-state index contributed by atoms with van der Waals surface area (Å²) in [6, 6.07) is 0. The number of aromatic nitrogens is 2. The van der Waals surface area contributed by atoms with Crippen LogP contribution < -0.4 is 11.1 Å². The van der Waals surface area contributed by atoms with E-state index >= 15 is 0 Å². The number of nitrogens with zero attached hydrogens (tertiary/aromatic N) is 3. The minimum Gasteiger partial charge on any atom is -0.368 e. The van der Waals surface area contributed by atoms with Gasteiger partial charge >= 0.3 is 0 Å². The molecule has 0 atom stereocenters. The molecule has 5 nitrogen and oxygen atoms in total. The van der Waals surface area contributed by atoms with Gasteiger partial charge in [-0.1, -0.05) is 0 Å². The minimum atomic E-state index is 0.289. The summed E-state index contributed by atoms with van der Waals surface area (Å²) < 4.78 is 0. The molecule has 0 fully saturated rings. The van der Waals surface area contributed by atoms with E-state index in [4.69, 9.17) is 5.73 Å². The van der Waals surface area contributed by atoms with Crippen molar-refractivity contribution >= 4 is 11.8 Å². The Morgan fingerprint density at radius 2 is 2.08 bits per heavy atom. The van der Waals surface area contributed by atoms with Crippen molar-refractivity contribution in [3.63, 3.8) is 0 Å². The molecule has 2 heterocycles. The van der Waals surface area contributed by atoms with Crippen molar-refractivity contribution in [3.05, 3.63) is 18.0 Å². The highest BCUT2D eigenvalue weighted by Crippen LogP contribution is 2.00. The van der Waals surface area contributed by atoms with Crippen molar-refractivity contribution in [2.45, 2.75) is 0 Å². The van der Waals surface area contributed by atoms with E-state index in [0.717, 1.165) is 24.5 Å². The van der Waals surface area contributed by atoms with E-state index < -0.39 is 0 Å². The molecule has 1 aliphatic heterocycles. The Morgan fingerprint density at radius 1 is 1.33 bits per heavy atom. The van der Waals surface area contributed by atoms with Gasteiger partial charge in [0.15, 0.2) is 0 Å². The van der Waals surface area contributed by atoms with Gasteiger partial charge in [0.25, 0.3) is 0 Å². The van der Waals surface area contributed by atoms with Crippen molar-refractivity contribution in [3.8, 4) is 0 Å². The fourth-order valence-corrected chi connectivity index (χ4v) is 1.05. The molecule has 0 aliphatic carbocycles. The maximum absolute atomic E-state index is 5.34. The van der Waals surface area contributed by atoms with Gasteiger partial charge in [0, 0.05) is 18.9 Å². The largest absolute Gasteiger partial charge is 0.368 e. The Balaban J connectivity index is 2.28. The van der Waals surface area contributed by atoms with Gasteiger partial charge in [0.05, 0.1) is 12.1 Å². The fourth-order valence-electron chi connectivity index (χ4n) is 1.05. The normalized spacial score (nSPS) is 15.5. The maximum atomic E-state index is 5.34. The van der Waals surface area contributed by atoms with E-state index in [-0.39, 0.29) is 5.95 Å². The molecular formula is C7H9N5. The Bertz CT molecular complexity index is 302. The van der Waals surface area contributed by atoms with Crippen LogP contribution in [0.3, 0.4) is 0 Å². The van der Waals surface area contributed by atoms with E-state index in [1.165, 1.54) is 0 Å². The summed E-state index contributed by atoms with van der Waals surface area (Å²) >= 11 is 0. The molecule has 0 saturated heterocycles. The first-order valence-corrected chi connectivity index (χ1v) is 3.72. The van der Waals surface area contributed by atoms with Crippen LogP contribution in [0.2, 0.25) is 0 Å². The lowest BCUT2D eigenvalue weighted by Crippen LogP contribution is -2.19. The molecule has 1 aromatic rings. The standard InChI is InChI=1S/C7H9N5/c8-7-11-3-5(4-12-7)6-9-1-2-10-6/h3-4H,1-2H2,(H,9,10)(H2,8,11,12). The van der Waals surface area contributed by atoms with Gasteiger partial charge in [-0.15, -0.1) is 0 Å². The molecule has 2 rings (SSSR count). The third kappa shape index (κ3) is 1.20. The van der Waals surface area contributed by atoms with E-state index in [2.05, 4.69) is 20.3 Å². The lowest BCUT2D eigenvalue weighted by atomic mass is 10.3. The molecule has 0 spiro atoms. The van der Waals surface area contributed by atoms with E-state index in [1.807, 2.05) is 0 Å². The number of aliphatic imine (C=N–C) groups is 1. The van der Waals surface area contributed by atoms with E-state index in [9.17, 15) is 0 Å². The van der Waals surface area contributed by atoms with E-state index in [0.29, 0.717) is 0 Å². The number of nitrogens with two attached hydrogens (primary N) is 1. The third-order valence-electron chi connectivity index (χ3n) is 1.62. The molecule has 0 amide bonds. The molecule has 12 heavy (non-hydrogen) atoms. The van der Waals surface area contributed by atoms with Gasteiger partial charge in [-0.2, -0.15) is 0 Å². The number of rotatable bonds is 1. The van der Waals surface area contributed by atoms with Crippen LogP contribution in [-0.2, 0) is 0 Å². The van der Waals surface area contributed by atoms with Crippen LogP contribution in [0.5, 0.6) is 0 Å². The van der Waals surface area contributed by atoms with Crippen molar-refractivity contribution in [1.29, 1.82) is 0 Å². The lowest BCUT2D eigenvalue weighted by molar-refractivity contribution is 0.959. The van der Waals surface area contributed by atoms with E-state index in [1.54, 1.807) is 12.4 Å². The second-order valence-corrected chi connectivity index (χ2v) is 2.49. The van der Waals surface area contributed by atoms with Gasteiger partial charge < -0.3 is 11.1 Å². The van der Waals surface area contributed by atoms with Crippen LogP contribution in [0.1, 0.15) is 5.56 Å². The highest BCUT2D eigenvalue weighted by Gasteiger charge is 2.07. The van der Waals surface area contributed by atoms with Crippen LogP contribution in [0.25, 0.3) is 0 Å². The second-order valence-electron chi connectivity index (χ2n) is 2.49. The molecule has 62 valence electrons. The van der Waals surface area contributed by atoms with Crippen LogP contribution >= 0.6 is 0 Å². The highest BCUT2D eigenvalue weighted by molar-refractivity contribution is 5.99. The number of hydrogen-bond donors (Lipinski definition) is 2. The molecule has 1 aliphatic rings. The van der Waals surface area contributed by atoms with Gasteiger partial charge in [-0.3, -0.25) is 4.99 Å². The molecule has 0 saturated carbocycles. The zero-order valence-electron chi connectivity index (χ0n) is 6.49. The SMILES string of the molecule is Nc1ncc(C2=NCCN2)cn1. The first kappa shape index (κ1) is 7.02. The molecule has 0 unspecified atom stereocenters. The number of anilines is 1. The molecule has 0 radical (unpaired) electrons. The summed E-state index contributed by atoms with van der Waals surface area (Å²) in [4.78, 5) is 12.0. The van der Waals surface area contributed by atoms with Gasteiger partial charge in [-0.25, -0.2) is 9.97 Å². The monoisotopic (exact) mass is 163 g/mol. The quantitative estimate of drug-likeness (QED) is 0.580. The zero-order chi connectivity index (χ0) is 8.39. The number of nitrogens with one attached hydrogen (secondary N) is 1. The Morgan fingerprint density at radius 3 is 2.67 bits per heavy atom. The van der Waals surface area contributed by atoms with Gasteiger partial charge in [-0.05, 0) is 0 Å². The van der Waals surface area contributed by atoms with Crippen LogP contribution in [-0.4, -0.2) is 28.9 Å². The van der Waals surface area contributed by atoms with Crippen molar-refractivity contribution in [2.75, 3.05) is 18.8 Å². The Labute approximate surface area is 69.7 Å². The van der Waals surface area contributed by atoms with Gasteiger partial charge in [0.1, 0.15) is 5.84 Å². The molecule has 3 N–H and O–H groups in total. The van der Waals surface area contributed by atoms with Crippen LogP contribution in [0.15, 0.2) is 17.4 Å². The second kappa shape index (κ2) is 2.77. The Hall–Kier alpha value is -1.65. The first-order chi connectivity index (χ1) is 5.86. The average Bonchev–Trinajstić information content (AvgIpc) is 2.58. The molecular weight excluding hydrogens is 154 g/mol. The average molecular weight is 163 g/mol. The van der Waals surface area contributed by atoms with Crippen LogP contribution in [0, 0.1) is 0 Å². The fraction of sp³-hybridized carbons (Fsp3) is 0.286. The molecule has 0 aromatic carbocycles. The summed E-state index contributed by atoms with van der Waals surface area (Å²) in [6.07, 6.45) is 3.33. The summed E-state index contributed by atoms with van der Waals surface area (Å²) in [5.74, 6) is 1.15. The summed E-state index contributed by atoms with van der Waals surface area (Å²) in [5, 5.41) is 3.12. The predicted molar refractivity (Wildman–Crippen MR) is 45.9 cm³/mol. The summed E-state index contributed by atoms with van der Waals surface area (Å²) in [7, 11) is 0. The molecule has 5 heteroatoms. The van der Waals surface area contributed by atoms with Crippen molar-refractivity contribution in [1.82, 2.24) is 15.3 Å². The number of amidine groups is 1. The Kier molecular flexibility index (Phi) is 1.62. The number of hydrogen-bond acceptors (Lipinski definition) is 5. The lowest BCUT2D eigenvalue weighted by Gasteiger charge is -1.99. The van der Waals surface area contributed by atoms with Crippen molar-refractivity contribution in [2.24, 2.45) is 4.99 Å². The first-order valence-electron chi connectivity index (χ1n) is 3.72.